The van der Waals surface area contributed by atoms with Crippen LogP contribution in [-0.2, 0) is 4.79 Å². The van der Waals surface area contributed by atoms with Gasteiger partial charge in [0.05, 0.1) is 5.33 Å². The van der Waals surface area contributed by atoms with Gasteiger partial charge in [0.2, 0.25) is 5.91 Å². The maximum Gasteiger partial charge on any atom is 0.230 e. The van der Waals surface area contributed by atoms with Crippen LogP contribution in [0.25, 0.3) is 10.8 Å². The Morgan fingerprint density at radius 1 is 1.17 bits per heavy atom. The molecular weight excluding hydrogens is 360 g/mol. The number of aliphatic hydroxyl groups is 1. The molecule has 0 aliphatic rings. The Labute approximate surface area is 144 Å². The third kappa shape index (κ3) is 5.82. The van der Waals surface area contributed by atoms with E-state index in [0.717, 1.165) is 16.5 Å². The lowest BCUT2D eigenvalue weighted by Crippen LogP contribution is -2.37. The van der Waals surface area contributed by atoms with E-state index in [0.29, 0.717) is 25.0 Å². The fourth-order valence-electron chi connectivity index (χ4n) is 2.17. The molecule has 0 bridgehead atoms. The zero-order chi connectivity index (χ0) is 16.5. The van der Waals surface area contributed by atoms with Crippen LogP contribution < -0.4 is 15.4 Å². The number of aliphatic hydroxyl groups excluding tert-OH is 1. The number of alkyl halides is 1. The Bertz CT molecular complexity index is 631. The van der Waals surface area contributed by atoms with Crippen molar-refractivity contribution in [1.29, 1.82) is 0 Å². The number of fused-ring (bicyclic) bond motifs is 1. The molecule has 0 aliphatic carbocycles. The van der Waals surface area contributed by atoms with Gasteiger partial charge in [0.25, 0.3) is 0 Å². The van der Waals surface area contributed by atoms with Gasteiger partial charge < -0.3 is 20.5 Å². The van der Waals surface area contributed by atoms with Crippen LogP contribution in [0.15, 0.2) is 42.5 Å². The molecule has 0 spiro atoms. The average Bonchev–Trinajstić information content (AvgIpc) is 2.59. The molecule has 1 unspecified atom stereocenters. The number of rotatable bonds is 9. The van der Waals surface area contributed by atoms with Crippen LogP contribution in [0.4, 0.5) is 0 Å². The van der Waals surface area contributed by atoms with Crippen molar-refractivity contribution in [3.8, 4) is 5.75 Å². The average molecular weight is 381 g/mol. The molecule has 0 saturated heterocycles. The fraction of sp³-hybridized carbons (Fsp3) is 0.353. The molecule has 0 aliphatic heterocycles. The van der Waals surface area contributed by atoms with E-state index in [4.69, 9.17) is 4.74 Å². The van der Waals surface area contributed by atoms with Crippen molar-refractivity contribution in [2.75, 3.05) is 31.6 Å². The molecule has 1 amide bonds. The minimum Gasteiger partial charge on any atom is -0.490 e. The monoisotopic (exact) mass is 380 g/mol. The molecule has 1 atom stereocenters. The third-order valence-corrected chi connectivity index (χ3v) is 3.82. The maximum absolute atomic E-state index is 11.0. The highest BCUT2D eigenvalue weighted by Crippen LogP contribution is 2.25. The van der Waals surface area contributed by atoms with Crippen LogP contribution in [0.5, 0.6) is 5.75 Å². The molecule has 3 N–H and O–H groups in total. The Morgan fingerprint density at radius 3 is 2.78 bits per heavy atom. The number of benzene rings is 2. The molecule has 0 radical (unpaired) electrons. The zero-order valence-corrected chi connectivity index (χ0v) is 14.4. The van der Waals surface area contributed by atoms with E-state index in [9.17, 15) is 9.90 Å². The Kier molecular flexibility index (Phi) is 7.32. The molecule has 0 heterocycles. The third-order valence-electron chi connectivity index (χ3n) is 3.31. The molecule has 2 aromatic carbocycles. The molecule has 6 heteroatoms. The SMILES string of the molecule is O=C(CBr)NCCNCC(O)COc1cccc2ccccc12. The highest BCUT2D eigenvalue weighted by molar-refractivity contribution is 9.09. The number of hydrogen-bond donors (Lipinski definition) is 3. The summed E-state index contributed by atoms with van der Waals surface area (Å²) < 4.78 is 5.73. The first-order valence-corrected chi connectivity index (χ1v) is 8.65. The number of nitrogens with one attached hydrogen (secondary N) is 2. The van der Waals surface area contributed by atoms with Gasteiger partial charge in [0.1, 0.15) is 18.5 Å². The number of carbonyl (C=O) groups excluding carboxylic acids is 1. The summed E-state index contributed by atoms with van der Waals surface area (Å²) in [5.41, 5.74) is 0. The van der Waals surface area contributed by atoms with E-state index in [-0.39, 0.29) is 12.5 Å². The highest BCUT2D eigenvalue weighted by Gasteiger charge is 2.07. The van der Waals surface area contributed by atoms with Gasteiger partial charge in [-0.2, -0.15) is 0 Å². The summed E-state index contributed by atoms with van der Waals surface area (Å²) in [4.78, 5) is 11.0. The molecule has 0 aromatic heterocycles. The second-order valence-electron chi connectivity index (χ2n) is 5.13. The largest absolute Gasteiger partial charge is 0.490 e. The van der Waals surface area contributed by atoms with E-state index in [1.807, 2.05) is 42.5 Å². The number of ether oxygens (including phenoxy) is 1. The highest BCUT2D eigenvalue weighted by atomic mass is 79.9. The lowest BCUT2D eigenvalue weighted by atomic mass is 10.1. The van der Waals surface area contributed by atoms with Gasteiger partial charge in [-0.05, 0) is 11.5 Å². The molecule has 5 nitrogen and oxygen atoms in total. The summed E-state index contributed by atoms with van der Waals surface area (Å²) in [6.45, 7) is 1.76. The summed E-state index contributed by atoms with van der Waals surface area (Å²) in [5, 5.41) is 18.2. The normalized spacial score (nSPS) is 12.1. The minimum atomic E-state index is -0.610. The predicted octanol–water partition coefficient (Wildman–Crippen LogP) is 1.68. The van der Waals surface area contributed by atoms with Crippen molar-refractivity contribution in [3.05, 3.63) is 42.5 Å². The van der Waals surface area contributed by atoms with Crippen LogP contribution in [0.2, 0.25) is 0 Å². The van der Waals surface area contributed by atoms with Crippen molar-refractivity contribution < 1.29 is 14.6 Å². The van der Waals surface area contributed by atoms with Gasteiger partial charge in [-0.1, -0.05) is 52.3 Å². The lowest BCUT2D eigenvalue weighted by molar-refractivity contribution is -0.118. The summed E-state index contributed by atoms with van der Waals surface area (Å²) in [5.74, 6) is 0.721. The summed E-state index contributed by atoms with van der Waals surface area (Å²) in [7, 11) is 0. The first kappa shape index (κ1) is 17.7. The molecule has 0 saturated carbocycles. The van der Waals surface area contributed by atoms with E-state index in [1.165, 1.54) is 0 Å². The van der Waals surface area contributed by atoms with Crippen LogP contribution in [0, 0.1) is 0 Å². The van der Waals surface area contributed by atoms with Gasteiger partial charge in [-0.3, -0.25) is 4.79 Å². The van der Waals surface area contributed by atoms with Crippen LogP contribution in [-0.4, -0.2) is 48.7 Å². The first-order valence-electron chi connectivity index (χ1n) is 7.52. The Balaban J connectivity index is 1.71. The summed E-state index contributed by atoms with van der Waals surface area (Å²) >= 11 is 3.08. The van der Waals surface area contributed by atoms with E-state index in [1.54, 1.807) is 0 Å². The van der Waals surface area contributed by atoms with Crippen LogP contribution >= 0.6 is 15.9 Å². The van der Waals surface area contributed by atoms with Crippen LogP contribution in [0.1, 0.15) is 0 Å². The molecular formula is C17H21BrN2O3. The molecule has 124 valence electrons. The minimum absolute atomic E-state index is 0.0494. The quantitative estimate of drug-likeness (QED) is 0.457. The van der Waals surface area contributed by atoms with Crippen LogP contribution in [0.3, 0.4) is 0 Å². The number of hydrogen-bond acceptors (Lipinski definition) is 4. The second-order valence-corrected chi connectivity index (χ2v) is 5.69. The predicted molar refractivity (Wildman–Crippen MR) is 95.1 cm³/mol. The Hall–Kier alpha value is -1.63. The van der Waals surface area contributed by atoms with Gasteiger partial charge in [0.15, 0.2) is 0 Å². The topological polar surface area (TPSA) is 70.6 Å². The smallest absolute Gasteiger partial charge is 0.230 e. The van der Waals surface area contributed by atoms with Gasteiger partial charge in [-0.25, -0.2) is 0 Å². The van der Waals surface area contributed by atoms with Crippen molar-refractivity contribution in [1.82, 2.24) is 10.6 Å². The summed E-state index contributed by atoms with van der Waals surface area (Å²) in [6.07, 6.45) is -0.610. The van der Waals surface area contributed by atoms with E-state index in [2.05, 4.69) is 26.6 Å². The van der Waals surface area contributed by atoms with Crippen molar-refractivity contribution in [3.63, 3.8) is 0 Å². The second kappa shape index (κ2) is 9.50. The van der Waals surface area contributed by atoms with Gasteiger partial charge in [0, 0.05) is 25.0 Å². The molecule has 0 fully saturated rings. The van der Waals surface area contributed by atoms with Gasteiger partial charge >= 0.3 is 0 Å². The van der Waals surface area contributed by atoms with Crippen molar-refractivity contribution in [2.45, 2.75) is 6.10 Å². The first-order chi connectivity index (χ1) is 11.2. The van der Waals surface area contributed by atoms with E-state index >= 15 is 0 Å². The molecule has 2 aromatic rings. The summed E-state index contributed by atoms with van der Waals surface area (Å²) in [6, 6.07) is 13.9. The number of amides is 1. The molecule has 2 rings (SSSR count). The van der Waals surface area contributed by atoms with Crippen molar-refractivity contribution >= 4 is 32.6 Å². The fourth-order valence-corrected chi connectivity index (χ4v) is 2.37. The zero-order valence-electron chi connectivity index (χ0n) is 12.8. The van der Waals surface area contributed by atoms with E-state index < -0.39 is 6.10 Å². The number of halogens is 1. The lowest BCUT2D eigenvalue weighted by Gasteiger charge is -2.14. The van der Waals surface area contributed by atoms with Crippen molar-refractivity contribution in [2.24, 2.45) is 0 Å². The standard InChI is InChI=1S/C17H21BrN2O3/c18-10-17(22)20-9-8-19-11-14(21)12-23-16-7-3-5-13-4-1-2-6-15(13)16/h1-7,14,19,21H,8-12H2,(H,20,22). The van der Waals surface area contributed by atoms with Gasteiger partial charge in [-0.15, -0.1) is 0 Å². The molecule has 23 heavy (non-hydrogen) atoms. The number of carbonyl (C=O) groups is 1. The Morgan fingerprint density at radius 2 is 1.96 bits per heavy atom. The maximum atomic E-state index is 11.0.